The molecule has 0 atom stereocenters. The molecule has 1 fully saturated rings. The Bertz CT molecular complexity index is 516. The topological polar surface area (TPSA) is 53.8 Å². The predicted molar refractivity (Wildman–Crippen MR) is 62.0 cm³/mol. The number of rotatable bonds is 2. The van der Waals surface area contributed by atoms with Crippen LogP contribution in [0.25, 0.3) is 0 Å². The van der Waals surface area contributed by atoms with E-state index in [-0.39, 0.29) is 5.91 Å². The first-order valence-corrected chi connectivity index (χ1v) is 5.62. The standard InChI is InChI=1S/C10H7F2N3OS/c11-7-2-1-6(3-8(7)12)4-13-15-10-14-9(16)5-17-10/h1-4H,5H2,(H,14,15,16). The first-order chi connectivity index (χ1) is 8.15. The van der Waals surface area contributed by atoms with Gasteiger partial charge in [0.05, 0.1) is 12.0 Å². The van der Waals surface area contributed by atoms with Crippen molar-refractivity contribution in [3.63, 3.8) is 0 Å². The van der Waals surface area contributed by atoms with Crippen molar-refractivity contribution in [1.82, 2.24) is 5.32 Å². The van der Waals surface area contributed by atoms with E-state index < -0.39 is 11.6 Å². The Hall–Kier alpha value is -1.76. The Morgan fingerprint density at radius 3 is 2.82 bits per heavy atom. The average molecular weight is 255 g/mol. The van der Waals surface area contributed by atoms with Gasteiger partial charge in [0.2, 0.25) is 5.91 Å². The Kier molecular flexibility index (Phi) is 3.48. The van der Waals surface area contributed by atoms with Crippen LogP contribution in [0.5, 0.6) is 0 Å². The summed E-state index contributed by atoms with van der Waals surface area (Å²) in [7, 11) is 0. The molecule has 1 amide bonds. The molecule has 0 bridgehead atoms. The van der Waals surface area contributed by atoms with Gasteiger partial charge in [0.1, 0.15) is 0 Å². The second kappa shape index (κ2) is 5.05. The third-order valence-electron chi connectivity index (χ3n) is 1.89. The van der Waals surface area contributed by atoms with Gasteiger partial charge in [-0.2, -0.15) is 5.10 Å². The summed E-state index contributed by atoms with van der Waals surface area (Å²) in [5.41, 5.74) is 0.391. The van der Waals surface area contributed by atoms with Crippen molar-refractivity contribution < 1.29 is 13.6 Å². The van der Waals surface area contributed by atoms with Gasteiger partial charge in [-0.3, -0.25) is 4.79 Å². The van der Waals surface area contributed by atoms with Gasteiger partial charge >= 0.3 is 0 Å². The van der Waals surface area contributed by atoms with Gasteiger partial charge < -0.3 is 5.32 Å². The van der Waals surface area contributed by atoms with Crippen molar-refractivity contribution in [1.29, 1.82) is 0 Å². The maximum Gasteiger partial charge on any atom is 0.236 e. The lowest BCUT2D eigenvalue weighted by molar-refractivity contribution is -0.116. The summed E-state index contributed by atoms with van der Waals surface area (Å²) in [4.78, 5) is 10.8. The van der Waals surface area contributed by atoms with Crippen LogP contribution < -0.4 is 5.32 Å². The molecule has 1 heterocycles. The fourth-order valence-corrected chi connectivity index (χ4v) is 1.75. The lowest BCUT2D eigenvalue weighted by Crippen LogP contribution is -2.19. The SMILES string of the molecule is O=C1CSC(=NN=Cc2ccc(F)c(F)c2)N1. The van der Waals surface area contributed by atoms with Crippen molar-refractivity contribution in [2.45, 2.75) is 0 Å². The second-order valence-electron chi connectivity index (χ2n) is 3.16. The molecule has 4 nitrogen and oxygen atoms in total. The highest BCUT2D eigenvalue weighted by Gasteiger charge is 2.15. The molecule has 1 saturated heterocycles. The zero-order valence-electron chi connectivity index (χ0n) is 8.48. The summed E-state index contributed by atoms with van der Waals surface area (Å²) in [5, 5.41) is 10.3. The molecule has 1 aliphatic heterocycles. The average Bonchev–Trinajstić information content (AvgIpc) is 2.70. The minimum atomic E-state index is -0.940. The van der Waals surface area contributed by atoms with Crippen LogP contribution in [-0.4, -0.2) is 23.0 Å². The van der Waals surface area contributed by atoms with Gasteiger partial charge in [0.25, 0.3) is 0 Å². The van der Waals surface area contributed by atoms with Crippen LogP contribution in [-0.2, 0) is 4.79 Å². The Morgan fingerprint density at radius 1 is 1.35 bits per heavy atom. The third kappa shape index (κ3) is 3.10. The lowest BCUT2D eigenvalue weighted by Gasteiger charge is -1.94. The maximum atomic E-state index is 12.8. The van der Waals surface area contributed by atoms with Crippen LogP contribution >= 0.6 is 11.8 Å². The first kappa shape index (κ1) is 11.7. The van der Waals surface area contributed by atoms with E-state index in [0.717, 1.165) is 12.1 Å². The molecular weight excluding hydrogens is 248 g/mol. The first-order valence-electron chi connectivity index (χ1n) is 4.64. The number of nitrogens with zero attached hydrogens (tertiary/aromatic N) is 2. The van der Waals surface area contributed by atoms with Gasteiger partial charge in [-0.05, 0) is 17.7 Å². The van der Waals surface area contributed by atoms with Gasteiger partial charge in [0, 0.05) is 0 Å². The second-order valence-corrected chi connectivity index (χ2v) is 4.12. The summed E-state index contributed by atoms with van der Waals surface area (Å²) < 4.78 is 25.4. The van der Waals surface area contributed by atoms with E-state index in [9.17, 15) is 13.6 Å². The molecule has 0 aromatic heterocycles. The van der Waals surface area contributed by atoms with Crippen LogP contribution in [0.2, 0.25) is 0 Å². The number of benzene rings is 1. The normalized spacial score (nSPS) is 18.0. The van der Waals surface area contributed by atoms with Crippen molar-refractivity contribution in [3.8, 4) is 0 Å². The highest BCUT2D eigenvalue weighted by atomic mass is 32.2. The molecule has 1 aromatic carbocycles. The Morgan fingerprint density at radius 2 is 2.18 bits per heavy atom. The number of carbonyl (C=O) groups excluding carboxylic acids is 1. The molecule has 0 saturated carbocycles. The molecule has 1 aromatic rings. The minimum Gasteiger partial charge on any atom is -0.303 e. The fourth-order valence-electron chi connectivity index (χ4n) is 1.12. The van der Waals surface area contributed by atoms with Gasteiger partial charge in [-0.25, -0.2) is 8.78 Å². The molecule has 0 spiro atoms. The monoisotopic (exact) mass is 255 g/mol. The van der Waals surface area contributed by atoms with Crippen molar-refractivity contribution in [2.24, 2.45) is 10.2 Å². The van der Waals surface area contributed by atoms with Crippen molar-refractivity contribution in [3.05, 3.63) is 35.4 Å². The van der Waals surface area contributed by atoms with Gasteiger partial charge in [-0.1, -0.05) is 17.8 Å². The Balaban J connectivity index is 2.05. The summed E-state index contributed by atoms with van der Waals surface area (Å²) in [5.74, 6) is -1.66. The summed E-state index contributed by atoms with van der Waals surface area (Å²) in [6, 6.07) is 3.40. The smallest absolute Gasteiger partial charge is 0.236 e. The number of hydrogen-bond donors (Lipinski definition) is 1. The number of nitrogens with one attached hydrogen (secondary N) is 1. The number of hydrogen-bond acceptors (Lipinski definition) is 4. The largest absolute Gasteiger partial charge is 0.303 e. The summed E-state index contributed by atoms with van der Waals surface area (Å²) >= 11 is 1.23. The van der Waals surface area contributed by atoms with E-state index >= 15 is 0 Å². The van der Waals surface area contributed by atoms with E-state index in [1.807, 2.05) is 0 Å². The van der Waals surface area contributed by atoms with E-state index in [1.54, 1.807) is 0 Å². The molecular formula is C10H7F2N3OS. The quantitative estimate of drug-likeness (QED) is 0.643. The Labute approximate surface area is 99.8 Å². The van der Waals surface area contributed by atoms with Crippen LogP contribution in [0, 0.1) is 11.6 Å². The van der Waals surface area contributed by atoms with Crippen LogP contribution in [0.1, 0.15) is 5.56 Å². The van der Waals surface area contributed by atoms with E-state index in [0.29, 0.717) is 16.5 Å². The third-order valence-corrected chi connectivity index (χ3v) is 2.75. The number of thioether (sulfide) groups is 1. The molecule has 1 aliphatic rings. The van der Waals surface area contributed by atoms with Crippen molar-refractivity contribution in [2.75, 3.05) is 5.75 Å². The number of halogens is 2. The lowest BCUT2D eigenvalue weighted by atomic mass is 10.2. The van der Waals surface area contributed by atoms with Crippen LogP contribution in [0.15, 0.2) is 28.4 Å². The molecule has 1 N–H and O–H groups in total. The van der Waals surface area contributed by atoms with Crippen LogP contribution in [0.4, 0.5) is 8.78 Å². The molecule has 2 rings (SSSR count). The van der Waals surface area contributed by atoms with Crippen molar-refractivity contribution >= 4 is 29.1 Å². The van der Waals surface area contributed by atoms with E-state index in [2.05, 4.69) is 15.5 Å². The molecule has 0 radical (unpaired) electrons. The van der Waals surface area contributed by atoms with E-state index in [1.165, 1.54) is 24.0 Å². The predicted octanol–water partition coefficient (Wildman–Crippen LogP) is 1.52. The molecule has 0 unspecified atom stereocenters. The number of amides is 1. The van der Waals surface area contributed by atoms with E-state index in [4.69, 9.17) is 0 Å². The van der Waals surface area contributed by atoms with Crippen LogP contribution in [0.3, 0.4) is 0 Å². The fraction of sp³-hybridized carbons (Fsp3) is 0.100. The highest BCUT2D eigenvalue weighted by Crippen LogP contribution is 2.09. The number of amidine groups is 1. The molecule has 17 heavy (non-hydrogen) atoms. The van der Waals surface area contributed by atoms with Gasteiger partial charge in [0.15, 0.2) is 16.8 Å². The zero-order valence-corrected chi connectivity index (χ0v) is 9.30. The van der Waals surface area contributed by atoms with Gasteiger partial charge in [-0.15, -0.1) is 5.10 Å². The summed E-state index contributed by atoms with van der Waals surface area (Å²) in [6.07, 6.45) is 1.28. The summed E-state index contributed by atoms with van der Waals surface area (Å²) in [6.45, 7) is 0. The zero-order chi connectivity index (χ0) is 12.3. The molecule has 7 heteroatoms. The highest BCUT2D eigenvalue weighted by molar-refractivity contribution is 8.15. The molecule has 0 aliphatic carbocycles. The maximum absolute atomic E-state index is 12.8. The number of carbonyl (C=O) groups is 1. The molecule has 88 valence electrons. The minimum absolute atomic E-state index is 0.128.